The van der Waals surface area contributed by atoms with Crippen molar-refractivity contribution in [1.82, 2.24) is 15.2 Å². The van der Waals surface area contributed by atoms with Crippen LogP contribution in [-0.4, -0.2) is 61.7 Å². The molecule has 2 saturated heterocycles. The highest BCUT2D eigenvalue weighted by Crippen LogP contribution is 2.30. The molecule has 1 N–H and O–H groups in total. The first-order chi connectivity index (χ1) is 14.8. The van der Waals surface area contributed by atoms with Crippen LogP contribution in [0.2, 0.25) is 0 Å². The van der Waals surface area contributed by atoms with Crippen LogP contribution in [0.15, 0.2) is 18.2 Å². The van der Waals surface area contributed by atoms with Gasteiger partial charge in [0.1, 0.15) is 5.82 Å². The number of aromatic nitrogens is 1. The van der Waals surface area contributed by atoms with Crippen LogP contribution in [-0.2, 0) is 28.9 Å². The summed E-state index contributed by atoms with van der Waals surface area (Å²) >= 11 is 0. The molecule has 0 atom stereocenters. The van der Waals surface area contributed by atoms with Crippen molar-refractivity contribution in [3.05, 3.63) is 34.9 Å². The lowest BCUT2D eigenvalue weighted by molar-refractivity contribution is -0.127. The molecular weight excluding hydrogens is 376 g/mol. The van der Waals surface area contributed by atoms with E-state index in [0.717, 1.165) is 83.1 Å². The van der Waals surface area contributed by atoms with Gasteiger partial charge in [-0.1, -0.05) is 0 Å². The van der Waals surface area contributed by atoms with Crippen molar-refractivity contribution in [2.24, 2.45) is 0 Å². The van der Waals surface area contributed by atoms with E-state index >= 15 is 0 Å². The summed E-state index contributed by atoms with van der Waals surface area (Å²) in [6.07, 6.45) is 6.37. The van der Waals surface area contributed by atoms with E-state index in [1.807, 2.05) is 4.90 Å². The monoisotopic (exact) mass is 408 g/mol. The highest BCUT2D eigenvalue weighted by atomic mass is 16.5. The maximum absolute atomic E-state index is 11.8. The third kappa shape index (κ3) is 4.16. The summed E-state index contributed by atoms with van der Waals surface area (Å²) < 4.78 is 5.56. The minimum absolute atomic E-state index is 0.316. The molecule has 0 radical (unpaired) electrons. The quantitative estimate of drug-likeness (QED) is 0.714. The zero-order chi connectivity index (χ0) is 20.3. The summed E-state index contributed by atoms with van der Waals surface area (Å²) in [5, 5.41) is 4.86. The number of fused-ring (bicyclic) bond motifs is 2. The molecule has 2 aromatic rings. The Balaban J connectivity index is 1.31. The van der Waals surface area contributed by atoms with Crippen molar-refractivity contribution in [3.63, 3.8) is 0 Å². The molecule has 2 aliphatic heterocycles. The predicted octanol–water partition coefficient (Wildman–Crippen LogP) is 2.66. The molecule has 0 spiro atoms. The van der Waals surface area contributed by atoms with E-state index in [-0.39, 0.29) is 0 Å². The number of likely N-dealkylation sites (tertiary alicyclic amines) is 1. The van der Waals surface area contributed by atoms with Crippen LogP contribution in [0.5, 0.6) is 0 Å². The van der Waals surface area contributed by atoms with Gasteiger partial charge in [-0.3, -0.25) is 4.79 Å². The largest absolute Gasteiger partial charge is 0.378 e. The maximum atomic E-state index is 11.8. The number of amides is 1. The predicted molar refractivity (Wildman–Crippen MR) is 119 cm³/mol. The van der Waals surface area contributed by atoms with Gasteiger partial charge in [0.05, 0.1) is 18.7 Å². The van der Waals surface area contributed by atoms with E-state index in [1.165, 1.54) is 41.3 Å². The number of ether oxygens (including phenoxy) is 1. The second-order valence-electron chi connectivity index (χ2n) is 8.75. The number of aryl methyl sites for hydroxylation is 2. The molecule has 2 fully saturated rings. The SMILES string of the molecule is O=C1CCCN1CCCNCc1cc2cc3c(cc2nc1N1CCOCC1)CCC3. The van der Waals surface area contributed by atoms with Crippen LogP contribution in [0.1, 0.15) is 42.4 Å². The number of morpholine rings is 1. The van der Waals surface area contributed by atoms with E-state index in [1.54, 1.807) is 0 Å². The summed E-state index contributed by atoms with van der Waals surface area (Å²) in [7, 11) is 0. The number of anilines is 1. The van der Waals surface area contributed by atoms with Crippen molar-refractivity contribution in [3.8, 4) is 0 Å². The van der Waals surface area contributed by atoms with Gasteiger partial charge >= 0.3 is 0 Å². The number of pyridine rings is 1. The van der Waals surface area contributed by atoms with Crippen LogP contribution >= 0.6 is 0 Å². The van der Waals surface area contributed by atoms with Crippen LogP contribution in [0.25, 0.3) is 10.9 Å². The third-order valence-electron chi connectivity index (χ3n) is 6.66. The van der Waals surface area contributed by atoms with Crippen molar-refractivity contribution in [1.29, 1.82) is 0 Å². The fourth-order valence-electron chi connectivity index (χ4n) is 5.02. The zero-order valence-corrected chi connectivity index (χ0v) is 17.8. The highest BCUT2D eigenvalue weighted by molar-refractivity contribution is 5.84. The Morgan fingerprint density at radius 2 is 1.83 bits per heavy atom. The van der Waals surface area contributed by atoms with Gasteiger partial charge in [-0.15, -0.1) is 0 Å². The molecule has 3 aliphatic rings. The molecule has 3 heterocycles. The Hall–Kier alpha value is -2.18. The van der Waals surface area contributed by atoms with Crippen LogP contribution in [0.3, 0.4) is 0 Å². The number of hydrogen-bond acceptors (Lipinski definition) is 5. The van der Waals surface area contributed by atoms with Crippen molar-refractivity contribution in [2.45, 2.75) is 45.1 Å². The number of nitrogens with zero attached hydrogens (tertiary/aromatic N) is 3. The van der Waals surface area contributed by atoms with Gasteiger partial charge in [-0.05, 0) is 68.0 Å². The molecule has 160 valence electrons. The fraction of sp³-hybridized carbons (Fsp3) is 0.583. The van der Waals surface area contributed by atoms with Crippen molar-refractivity contribution >= 4 is 22.6 Å². The van der Waals surface area contributed by atoms with E-state index in [2.05, 4.69) is 28.4 Å². The van der Waals surface area contributed by atoms with Crippen molar-refractivity contribution < 1.29 is 9.53 Å². The van der Waals surface area contributed by atoms with Crippen molar-refractivity contribution in [2.75, 3.05) is 50.8 Å². The maximum Gasteiger partial charge on any atom is 0.222 e. The van der Waals surface area contributed by atoms with Gasteiger partial charge in [0.25, 0.3) is 0 Å². The van der Waals surface area contributed by atoms with E-state index < -0.39 is 0 Å². The van der Waals surface area contributed by atoms with E-state index in [0.29, 0.717) is 5.91 Å². The van der Waals surface area contributed by atoms with E-state index in [4.69, 9.17) is 9.72 Å². The number of carbonyl (C=O) groups excluding carboxylic acids is 1. The Kier molecular flexibility index (Phi) is 5.86. The fourth-order valence-corrected chi connectivity index (χ4v) is 5.02. The molecule has 6 heteroatoms. The highest BCUT2D eigenvalue weighted by Gasteiger charge is 2.20. The Morgan fingerprint density at radius 1 is 1.00 bits per heavy atom. The molecule has 0 bridgehead atoms. The Labute approximate surface area is 178 Å². The summed E-state index contributed by atoms with van der Waals surface area (Å²) in [5.74, 6) is 1.42. The first kappa shape index (κ1) is 19.8. The topological polar surface area (TPSA) is 57.7 Å². The normalized spacial score (nSPS) is 19.1. The average Bonchev–Trinajstić information content (AvgIpc) is 3.40. The second-order valence-corrected chi connectivity index (χ2v) is 8.75. The Morgan fingerprint density at radius 3 is 2.63 bits per heavy atom. The van der Waals surface area contributed by atoms with Gasteiger partial charge in [0, 0.05) is 50.1 Å². The number of benzene rings is 1. The smallest absolute Gasteiger partial charge is 0.222 e. The van der Waals surface area contributed by atoms with Crippen LogP contribution in [0.4, 0.5) is 5.82 Å². The molecule has 1 aliphatic carbocycles. The minimum atomic E-state index is 0.316. The van der Waals surface area contributed by atoms with Gasteiger partial charge in [-0.2, -0.15) is 0 Å². The summed E-state index contributed by atoms with van der Waals surface area (Å²) in [4.78, 5) is 21.3. The molecule has 1 aromatic carbocycles. The van der Waals surface area contributed by atoms with E-state index in [9.17, 15) is 4.79 Å². The number of hydrogen-bond donors (Lipinski definition) is 1. The van der Waals surface area contributed by atoms with Gasteiger partial charge in [0.2, 0.25) is 5.91 Å². The molecular formula is C24H32N4O2. The first-order valence-corrected chi connectivity index (χ1v) is 11.5. The molecule has 1 aromatic heterocycles. The molecule has 6 nitrogen and oxygen atoms in total. The summed E-state index contributed by atoms with van der Waals surface area (Å²) in [5.41, 5.74) is 5.36. The number of rotatable bonds is 7. The zero-order valence-electron chi connectivity index (χ0n) is 17.8. The standard InChI is InChI=1S/C24H32N4O2/c29-23-6-2-8-27(23)9-3-7-25-17-21-15-20-14-18-4-1-5-19(18)16-22(20)26-24(21)28-10-12-30-13-11-28/h14-16,25H,1-13,17H2. The first-order valence-electron chi connectivity index (χ1n) is 11.5. The third-order valence-corrected chi connectivity index (χ3v) is 6.66. The number of nitrogens with one attached hydrogen (secondary N) is 1. The Bertz CT molecular complexity index is 923. The lowest BCUT2D eigenvalue weighted by atomic mass is 10.0. The van der Waals surface area contributed by atoms with Gasteiger partial charge in [0.15, 0.2) is 0 Å². The lowest BCUT2D eigenvalue weighted by Crippen LogP contribution is -2.37. The summed E-state index contributed by atoms with van der Waals surface area (Å²) in [6.45, 7) is 6.83. The molecule has 0 unspecified atom stereocenters. The van der Waals surface area contributed by atoms with Gasteiger partial charge < -0.3 is 19.9 Å². The summed E-state index contributed by atoms with van der Waals surface area (Å²) in [6, 6.07) is 7.00. The minimum Gasteiger partial charge on any atom is -0.378 e. The molecule has 30 heavy (non-hydrogen) atoms. The van der Waals surface area contributed by atoms with Crippen LogP contribution in [0, 0.1) is 0 Å². The molecule has 5 rings (SSSR count). The van der Waals surface area contributed by atoms with Crippen LogP contribution < -0.4 is 10.2 Å². The number of carbonyl (C=O) groups is 1. The molecule has 0 saturated carbocycles. The molecule has 1 amide bonds. The average molecular weight is 409 g/mol. The van der Waals surface area contributed by atoms with Gasteiger partial charge in [-0.25, -0.2) is 4.98 Å². The second kappa shape index (κ2) is 8.90. The lowest BCUT2D eigenvalue weighted by Gasteiger charge is -2.30.